The molecule has 0 spiro atoms. The van der Waals surface area contributed by atoms with Crippen molar-refractivity contribution in [1.29, 1.82) is 0 Å². The number of carbonyl (C=O) groups excluding carboxylic acids is 1. The van der Waals surface area contributed by atoms with Crippen molar-refractivity contribution < 1.29 is 23.0 Å². The summed E-state index contributed by atoms with van der Waals surface area (Å²) in [6.45, 7) is 4.87. The van der Waals surface area contributed by atoms with E-state index in [0.29, 0.717) is 0 Å². The Morgan fingerprint density at radius 3 is 2.43 bits per heavy atom. The quantitative estimate of drug-likeness (QED) is 0.379. The summed E-state index contributed by atoms with van der Waals surface area (Å²) in [5, 5.41) is 0. The van der Waals surface area contributed by atoms with Crippen LogP contribution in [0.2, 0.25) is 0 Å². The summed E-state index contributed by atoms with van der Waals surface area (Å²) >= 11 is 0. The number of rotatable bonds is 6. The van der Waals surface area contributed by atoms with Crippen LogP contribution in [0.1, 0.15) is 13.8 Å². The summed E-state index contributed by atoms with van der Waals surface area (Å²) in [4.78, 5) is 10.8. The maximum absolute atomic E-state index is 12.2. The fraction of sp³-hybridized carbons (Fsp3) is 0.667. The number of esters is 1. The van der Waals surface area contributed by atoms with Gasteiger partial charge in [-0.1, -0.05) is 6.58 Å². The smallest absolute Gasteiger partial charge is 0.333 e. The Hall–Kier alpha value is -0.970. The number of halogens is 2. The Morgan fingerprint density at radius 2 is 2.00 bits per heavy atom. The third kappa shape index (κ3) is 7.67. The molecule has 0 fully saturated rings. The van der Waals surface area contributed by atoms with E-state index in [2.05, 4.69) is 16.1 Å². The molecule has 0 aliphatic heterocycles. The third-order valence-electron chi connectivity index (χ3n) is 1.16. The number of hydrogen-bond donors (Lipinski definition) is 0. The van der Waals surface area contributed by atoms with Gasteiger partial charge >= 0.3 is 5.97 Å². The lowest BCUT2D eigenvalue weighted by Gasteiger charge is -2.10. The molecule has 5 heteroatoms. The van der Waals surface area contributed by atoms with Crippen LogP contribution in [0.3, 0.4) is 0 Å². The zero-order chi connectivity index (χ0) is 11.2. The number of hydrogen-bond acceptors (Lipinski definition) is 3. The van der Waals surface area contributed by atoms with E-state index in [1.807, 2.05) is 0 Å². The lowest BCUT2D eigenvalue weighted by Crippen LogP contribution is -2.21. The molecule has 0 heterocycles. The maximum atomic E-state index is 12.2. The third-order valence-corrected chi connectivity index (χ3v) is 1.16. The van der Waals surface area contributed by atoms with E-state index in [4.69, 9.17) is 0 Å². The minimum atomic E-state index is -2.85. The lowest BCUT2D eigenvalue weighted by molar-refractivity contribution is -0.141. The van der Waals surface area contributed by atoms with Crippen molar-refractivity contribution in [2.45, 2.75) is 19.8 Å². The van der Waals surface area contributed by atoms with Crippen molar-refractivity contribution in [3.05, 3.63) is 12.2 Å². The van der Waals surface area contributed by atoms with Crippen molar-refractivity contribution in [1.82, 2.24) is 0 Å². The van der Waals surface area contributed by atoms with Crippen LogP contribution in [0.15, 0.2) is 12.2 Å². The number of alkyl halides is 2. The Kier molecular flexibility index (Phi) is 5.30. The second-order valence-corrected chi connectivity index (χ2v) is 3.04. The van der Waals surface area contributed by atoms with Gasteiger partial charge in [-0.15, -0.1) is 0 Å². The predicted octanol–water partition coefficient (Wildman–Crippen LogP) is 1.78. The van der Waals surface area contributed by atoms with Crippen molar-refractivity contribution >= 4 is 5.97 Å². The summed E-state index contributed by atoms with van der Waals surface area (Å²) in [5.41, 5.74) is 0.269. The minimum Gasteiger partial charge on any atom is -0.460 e. The molecule has 0 amide bonds. The highest BCUT2D eigenvalue weighted by atomic mass is 19.3. The van der Waals surface area contributed by atoms with Gasteiger partial charge in [-0.05, 0) is 6.92 Å². The molecule has 0 N–H and O–H groups in total. The predicted molar refractivity (Wildman–Crippen MR) is 47.2 cm³/mol. The zero-order valence-corrected chi connectivity index (χ0v) is 8.31. The first-order chi connectivity index (χ1) is 6.33. The zero-order valence-electron chi connectivity index (χ0n) is 8.31. The summed E-state index contributed by atoms with van der Waals surface area (Å²) in [5.74, 6) is -3.39. The van der Waals surface area contributed by atoms with Gasteiger partial charge in [0.1, 0.15) is 13.2 Å². The SMILES string of the molecule is C=C(C)C(=O)OCCOCC(C)(F)F. The molecule has 0 radical (unpaired) electrons. The van der Waals surface area contributed by atoms with E-state index in [-0.39, 0.29) is 18.8 Å². The first-order valence-corrected chi connectivity index (χ1v) is 4.11. The van der Waals surface area contributed by atoms with Gasteiger partial charge in [-0.2, -0.15) is 0 Å². The molecule has 0 aliphatic carbocycles. The number of ether oxygens (including phenoxy) is 2. The van der Waals surface area contributed by atoms with Gasteiger partial charge < -0.3 is 9.47 Å². The standard InChI is InChI=1S/C9H14F2O3/c1-7(2)8(12)14-5-4-13-6-9(3,10)11/h1,4-6H2,2-3H3. The molecule has 0 unspecified atom stereocenters. The number of carbonyl (C=O) groups is 1. The van der Waals surface area contributed by atoms with Crippen molar-refractivity contribution in [3.8, 4) is 0 Å². The molecule has 0 saturated heterocycles. The molecule has 14 heavy (non-hydrogen) atoms. The Balaban J connectivity index is 3.39. The molecule has 0 aliphatic rings. The molecule has 82 valence electrons. The highest BCUT2D eigenvalue weighted by Gasteiger charge is 2.20. The molecule has 3 nitrogen and oxygen atoms in total. The Labute approximate surface area is 81.7 Å². The normalized spacial score (nSPS) is 11.1. The average Bonchev–Trinajstić information content (AvgIpc) is 2.01. The molecule has 0 bridgehead atoms. The van der Waals surface area contributed by atoms with Crippen LogP contribution in [-0.4, -0.2) is 31.7 Å². The van der Waals surface area contributed by atoms with Crippen LogP contribution in [0, 0.1) is 0 Å². The largest absolute Gasteiger partial charge is 0.460 e. The van der Waals surface area contributed by atoms with E-state index in [1.165, 1.54) is 6.92 Å². The van der Waals surface area contributed by atoms with Gasteiger partial charge in [0, 0.05) is 12.5 Å². The Bertz CT molecular complexity index is 209. The second kappa shape index (κ2) is 5.70. The van der Waals surface area contributed by atoms with Crippen molar-refractivity contribution in [3.63, 3.8) is 0 Å². The van der Waals surface area contributed by atoms with E-state index in [0.717, 1.165) is 6.92 Å². The molecular formula is C9H14F2O3. The highest BCUT2D eigenvalue weighted by molar-refractivity contribution is 5.86. The monoisotopic (exact) mass is 208 g/mol. The fourth-order valence-corrected chi connectivity index (χ4v) is 0.568. The van der Waals surface area contributed by atoms with Gasteiger partial charge in [0.2, 0.25) is 0 Å². The molecular weight excluding hydrogens is 194 g/mol. The molecule has 0 aromatic rings. The van der Waals surface area contributed by atoms with Gasteiger partial charge in [0.05, 0.1) is 6.61 Å². The van der Waals surface area contributed by atoms with Crippen molar-refractivity contribution in [2.75, 3.05) is 19.8 Å². The van der Waals surface area contributed by atoms with Crippen LogP contribution in [0.5, 0.6) is 0 Å². The van der Waals surface area contributed by atoms with Crippen LogP contribution < -0.4 is 0 Å². The van der Waals surface area contributed by atoms with Crippen LogP contribution in [0.25, 0.3) is 0 Å². The van der Waals surface area contributed by atoms with E-state index < -0.39 is 18.5 Å². The van der Waals surface area contributed by atoms with E-state index >= 15 is 0 Å². The van der Waals surface area contributed by atoms with Gasteiger partial charge in [0.25, 0.3) is 5.92 Å². The van der Waals surface area contributed by atoms with Crippen LogP contribution in [-0.2, 0) is 14.3 Å². The first kappa shape index (κ1) is 13.0. The van der Waals surface area contributed by atoms with Crippen molar-refractivity contribution in [2.24, 2.45) is 0 Å². The molecule has 0 atom stereocenters. The summed E-state index contributed by atoms with van der Waals surface area (Å²) in [6.07, 6.45) is 0. The summed E-state index contributed by atoms with van der Waals surface area (Å²) in [6, 6.07) is 0. The maximum Gasteiger partial charge on any atom is 0.333 e. The topological polar surface area (TPSA) is 35.5 Å². The first-order valence-electron chi connectivity index (χ1n) is 4.11. The van der Waals surface area contributed by atoms with E-state index in [9.17, 15) is 13.6 Å². The second-order valence-electron chi connectivity index (χ2n) is 3.04. The molecule has 0 rings (SSSR count). The van der Waals surface area contributed by atoms with E-state index in [1.54, 1.807) is 0 Å². The summed E-state index contributed by atoms with van der Waals surface area (Å²) in [7, 11) is 0. The molecule has 0 aromatic carbocycles. The lowest BCUT2D eigenvalue weighted by atomic mass is 10.4. The highest BCUT2D eigenvalue weighted by Crippen LogP contribution is 2.10. The van der Waals surface area contributed by atoms with Gasteiger partial charge in [-0.3, -0.25) is 0 Å². The molecule has 0 aromatic heterocycles. The average molecular weight is 208 g/mol. The molecule has 0 saturated carbocycles. The van der Waals surface area contributed by atoms with Gasteiger partial charge in [0.15, 0.2) is 0 Å². The fourth-order valence-electron chi connectivity index (χ4n) is 0.568. The summed E-state index contributed by atoms with van der Waals surface area (Å²) < 4.78 is 33.6. The van der Waals surface area contributed by atoms with Crippen LogP contribution in [0.4, 0.5) is 8.78 Å². The van der Waals surface area contributed by atoms with Gasteiger partial charge in [-0.25, -0.2) is 13.6 Å². The Morgan fingerprint density at radius 1 is 1.43 bits per heavy atom. The minimum absolute atomic E-state index is 0.0392. The van der Waals surface area contributed by atoms with Crippen LogP contribution >= 0.6 is 0 Å².